The zero-order valence-corrected chi connectivity index (χ0v) is 11.5. The van der Waals surface area contributed by atoms with E-state index in [0.29, 0.717) is 11.6 Å². The summed E-state index contributed by atoms with van der Waals surface area (Å²) in [5, 5.41) is 14.8. The first-order valence-corrected chi connectivity index (χ1v) is 6.17. The van der Waals surface area contributed by atoms with Gasteiger partial charge in [-0.05, 0) is 18.8 Å². The Labute approximate surface area is 109 Å². The first kappa shape index (κ1) is 14.2. The molecule has 0 unspecified atom stereocenters. The number of hydrogen-bond donors (Lipinski definition) is 2. The SMILES string of the molecule is CCC(C)(C)CNc1cc(NCC#N)nc(C)n1. The molecule has 1 rings (SSSR count). The minimum absolute atomic E-state index is 0.235. The second-order valence-corrected chi connectivity index (χ2v) is 5.07. The van der Waals surface area contributed by atoms with E-state index < -0.39 is 0 Å². The van der Waals surface area contributed by atoms with E-state index in [0.717, 1.165) is 18.8 Å². The third-order valence-electron chi connectivity index (χ3n) is 2.89. The topological polar surface area (TPSA) is 73.6 Å². The molecule has 1 aromatic rings. The van der Waals surface area contributed by atoms with Crippen LogP contribution < -0.4 is 10.6 Å². The highest BCUT2D eigenvalue weighted by Crippen LogP contribution is 2.20. The van der Waals surface area contributed by atoms with Crippen LogP contribution in [0.4, 0.5) is 11.6 Å². The normalized spacial score (nSPS) is 10.8. The number of anilines is 2. The van der Waals surface area contributed by atoms with Crippen LogP contribution in [0.15, 0.2) is 6.07 Å². The van der Waals surface area contributed by atoms with Crippen LogP contribution in [-0.4, -0.2) is 23.1 Å². The Bertz CT molecular complexity index is 433. The van der Waals surface area contributed by atoms with E-state index in [9.17, 15) is 0 Å². The first-order valence-electron chi connectivity index (χ1n) is 6.17. The summed E-state index contributed by atoms with van der Waals surface area (Å²) < 4.78 is 0. The standard InChI is InChI=1S/C13H21N5/c1-5-13(3,4)9-16-12-8-11(15-7-6-14)17-10(2)18-12/h8H,5,7,9H2,1-4H3,(H2,15,16,17,18). The molecule has 2 N–H and O–H groups in total. The molecular formula is C13H21N5. The summed E-state index contributed by atoms with van der Waals surface area (Å²) in [4.78, 5) is 8.56. The molecule has 5 heteroatoms. The largest absolute Gasteiger partial charge is 0.369 e. The number of nitrogens with zero attached hydrogens (tertiary/aromatic N) is 3. The van der Waals surface area contributed by atoms with Gasteiger partial charge in [0, 0.05) is 12.6 Å². The average molecular weight is 247 g/mol. The molecule has 98 valence electrons. The molecule has 0 spiro atoms. The van der Waals surface area contributed by atoms with Gasteiger partial charge in [0.1, 0.15) is 24.0 Å². The van der Waals surface area contributed by atoms with Gasteiger partial charge in [0.15, 0.2) is 0 Å². The van der Waals surface area contributed by atoms with Crippen LogP contribution in [0.25, 0.3) is 0 Å². The third kappa shape index (κ3) is 4.58. The van der Waals surface area contributed by atoms with E-state index in [1.54, 1.807) is 0 Å². The van der Waals surface area contributed by atoms with Crippen LogP contribution in [0.2, 0.25) is 0 Å². The van der Waals surface area contributed by atoms with E-state index >= 15 is 0 Å². The summed E-state index contributed by atoms with van der Waals surface area (Å²) in [7, 11) is 0. The Morgan fingerprint density at radius 3 is 2.44 bits per heavy atom. The fraction of sp³-hybridized carbons (Fsp3) is 0.615. The Balaban J connectivity index is 2.71. The Morgan fingerprint density at radius 1 is 1.28 bits per heavy atom. The number of nitriles is 1. The summed E-state index contributed by atoms with van der Waals surface area (Å²) in [6, 6.07) is 3.86. The minimum atomic E-state index is 0.235. The van der Waals surface area contributed by atoms with Crippen molar-refractivity contribution in [3.8, 4) is 6.07 Å². The fourth-order valence-corrected chi connectivity index (χ4v) is 1.33. The molecule has 0 aliphatic rings. The molecule has 0 bridgehead atoms. The molecule has 0 radical (unpaired) electrons. The van der Waals surface area contributed by atoms with Crippen LogP contribution in [0, 0.1) is 23.7 Å². The summed E-state index contributed by atoms with van der Waals surface area (Å²) in [6.07, 6.45) is 1.10. The lowest BCUT2D eigenvalue weighted by Crippen LogP contribution is -2.22. The van der Waals surface area contributed by atoms with Gasteiger partial charge >= 0.3 is 0 Å². The highest BCUT2D eigenvalue weighted by molar-refractivity contribution is 5.48. The van der Waals surface area contributed by atoms with Gasteiger partial charge in [0.05, 0.1) is 6.07 Å². The van der Waals surface area contributed by atoms with Crippen LogP contribution in [0.3, 0.4) is 0 Å². The number of hydrogen-bond acceptors (Lipinski definition) is 5. The second kappa shape index (κ2) is 6.20. The fourth-order valence-electron chi connectivity index (χ4n) is 1.33. The molecule has 0 atom stereocenters. The van der Waals surface area contributed by atoms with E-state index in [1.807, 2.05) is 19.1 Å². The van der Waals surface area contributed by atoms with Crippen LogP contribution >= 0.6 is 0 Å². The highest BCUT2D eigenvalue weighted by Gasteiger charge is 2.15. The zero-order chi connectivity index (χ0) is 13.6. The van der Waals surface area contributed by atoms with Gasteiger partial charge in [-0.1, -0.05) is 20.8 Å². The third-order valence-corrected chi connectivity index (χ3v) is 2.89. The Morgan fingerprint density at radius 2 is 1.89 bits per heavy atom. The van der Waals surface area contributed by atoms with Gasteiger partial charge in [-0.25, -0.2) is 9.97 Å². The lowest BCUT2D eigenvalue weighted by Gasteiger charge is -2.23. The second-order valence-electron chi connectivity index (χ2n) is 5.07. The maximum absolute atomic E-state index is 8.54. The van der Waals surface area contributed by atoms with Crippen molar-refractivity contribution in [2.45, 2.75) is 34.1 Å². The maximum atomic E-state index is 8.54. The monoisotopic (exact) mass is 247 g/mol. The van der Waals surface area contributed by atoms with Crippen molar-refractivity contribution in [2.24, 2.45) is 5.41 Å². The quantitative estimate of drug-likeness (QED) is 0.756. The van der Waals surface area contributed by atoms with E-state index in [1.165, 1.54) is 0 Å². The van der Waals surface area contributed by atoms with Crippen molar-refractivity contribution in [1.82, 2.24) is 9.97 Å². The summed E-state index contributed by atoms with van der Waals surface area (Å²) in [5.41, 5.74) is 0.235. The van der Waals surface area contributed by atoms with E-state index in [2.05, 4.69) is 41.4 Å². The number of rotatable bonds is 6. The molecule has 0 saturated heterocycles. The molecule has 0 fully saturated rings. The van der Waals surface area contributed by atoms with E-state index in [-0.39, 0.29) is 12.0 Å². The number of aryl methyl sites for hydroxylation is 1. The summed E-state index contributed by atoms with van der Waals surface area (Å²) in [5.74, 6) is 2.17. The lowest BCUT2D eigenvalue weighted by molar-refractivity contribution is 0.376. The smallest absolute Gasteiger partial charge is 0.132 e. The van der Waals surface area contributed by atoms with Crippen molar-refractivity contribution in [3.63, 3.8) is 0 Å². The number of nitrogens with one attached hydrogen (secondary N) is 2. The molecule has 1 heterocycles. The predicted octanol–water partition coefficient (Wildman–Crippen LogP) is 2.57. The lowest BCUT2D eigenvalue weighted by atomic mass is 9.90. The molecular weight excluding hydrogens is 226 g/mol. The van der Waals surface area contributed by atoms with Crippen LogP contribution in [0.1, 0.15) is 33.0 Å². The molecule has 0 amide bonds. The molecule has 18 heavy (non-hydrogen) atoms. The van der Waals surface area contributed by atoms with Gasteiger partial charge in [-0.15, -0.1) is 0 Å². The molecule has 5 nitrogen and oxygen atoms in total. The van der Waals surface area contributed by atoms with Crippen molar-refractivity contribution >= 4 is 11.6 Å². The molecule has 0 aliphatic carbocycles. The van der Waals surface area contributed by atoms with Crippen molar-refractivity contribution in [1.29, 1.82) is 5.26 Å². The van der Waals surface area contributed by atoms with E-state index in [4.69, 9.17) is 5.26 Å². The average Bonchev–Trinajstić information content (AvgIpc) is 2.33. The first-order chi connectivity index (χ1) is 8.46. The number of aromatic nitrogens is 2. The Hall–Kier alpha value is -1.83. The molecule has 0 aromatic carbocycles. The minimum Gasteiger partial charge on any atom is -0.369 e. The maximum Gasteiger partial charge on any atom is 0.132 e. The van der Waals surface area contributed by atoms with Crippen molar-refractivity contribution < 1.29 is 0 Å². The summed E-state index contributed by atoms with van der Waals surface area (Å²) >= 11 is 0. The molecule has 1 aromatic heterocycles. The van der Waals surface area contributed by atoms with Gasteiger partial charge in [0.2, 0.25) is 0 Å². The Kier molecular flexibility index (Phi) is 4.90. The van der Waals surface area contributed by atoms with Crippen molar-refractivity contribution in [2.75, 3.05) is 23.7 Å². The zero-order valence-electron chi connectivity index (χ0n) is 11.5. The summed E-state index contributed by atoms with van der Waals surface area (Å²) in [6.45, 7) is 9.54. The molecule has 0 aliphatic heterocycles. The van der Waals surface area contributed by atoms with Gasteiger partial charge < -0.3 is 10.6 Å². The predicted molar refractivity (Wildman–Crippen MR) is 73.4 cm³/mol. The highest BCUT2D eigenvalue weighted by atomic mass is 15.1. The van der Waals surface area contributed by atoms with Gasteiger partial charge in [0.25, 0.3) is 0 Å². The van der Waals surface area contributed by atoms with Crippen LogP contribution in [-0.2, 0) is 0 Å². The van der Waals surface area contributed by atoms with Gasteiger partial charge in [-0.3, -0.25) is 0 Å². The van der Waals surface area contributed by atoms with Crippen LogP contribution in [0.5, 0.6) is 0 Å². The molecule has 0 saturated carbocycles. The van der Waals surface area contributed by atoms with Gasteiger partial charge in [-0.2, -0.15) is 5.26 Å². The van der Waals surface area contributed by atoms with Crippen molar-refractivity contribution in [3.05, 3.63) is 11.9 Å².